The molecular formula is C18H17NO3. The number of esters is 1. The molecule has 2 aromatic carbocycles. The number of carbonyl (C=O) groups excluding carboxylic acids is 1. The quantitative estimate of drug-likeness (QED) is 0.625. The fourth-order valence-electron chi connectivity index (χ4n) is 1.79. The van der Waals surface area contributed by atoms with Crippen molar-refractivity contribution in [2.45, 2.75) is 0 Å². The highest BCUT2D eigenvalue weighted by molar-refractivity contribution is 6.42. The van der Waals surface area contributed by atoms with Gasteiger partial charge in [0.05, 0.1) is 19.9 Å². The van der Waals surface area contributed by atoms with Crippen molar-refractivity contribution in [1.82, 2.24) is 0 Å². The maximum Gasteiger partial charge on any atom is 0.356 e. The molecule has 22 heavy (non-hydrogen) atoms. The van der Waals surface area contributed by atoms with Crippen molar-refractivity contribution in [3.05, 3.63) is 66.2 Å². The molecular weight excluding hydrogens is 278 g/mol. The topological polar surface area (TPSA) is 47.9 Å². The maximum absolute atomic E-state index is 11.8. The summed E-state index contributed by atoms with van der Waals surface area (Å²) in [6.45, 7) is 0. The molecule has 0 aliphatic rings. The lowest BCUT2D eigenvalue weighted by Gasteiger charge is -2.02. The van der Waals surface area contributed by atoms with E-state index in [1.807, 2.05) is 36.4 Å². The van der Waals surface area contributed by atoms with Crippen LogP contribution in [0.15, 0.2) is 65.7 Å². The number of aliphatic imine (C=N–C) groups is 1. The standard InChI is InChI=1S/C18H17NO3/c1-21-16-11-9-15(10-12-16)19-17(18(20)22-2)13-8-14-6-4-3-5-7-14/h3-13H,1-2H3/b13-8+,19-17?. The molecule has 0 saturated carbocycles. The molecule has 0 aromatic heterocycles. The molecule has 0 spiro atoms. The number of nitrogens with zero attached hydrogens (tertiary/aromatic N) is 1. The Morgan fingerprint density at radius 3 is 2.27 bits per heavy atom. The first-order chi connectivity index (χ1) is 10.7. The van der Waals surface area contributed by atoms with Gasteiger partial charge in [-0.15, -0.1) is 0 Å². The lowest BCUT2D eigenvalue weighted by molar-refractivity contribution is -0.132. The summed E-state index contributed by atoms with van der Waals surface area (Å²) in [5.74, 6) is 0.251. The van der Waals surface area contributed by atoms with Gasteiger partial charge in [-0.2, -0.15) is 0 Å². The van der Waals surface area contributed by atoms with Gasteiger partial charge in [0.15, 0.2) is 0 Å². The summed E-state index contributed by atoms with van der Waals surface area (Å²) >= 11 is 0. The molecule has 0 aliphatic carbocycles. The van der Waals surface area contributed by atoms with E-state index in [9.17, 15) is 4.79 Å². The molecule has 4 heteroatoms. The van der Waals surface area contributed by atoms with E-state index in [4.69, 9.17) is 9.47 Å². The summed E-state index contributed by atoms with van der Waals surface area (Å²) < 4.78 is 9.87. The van der Waals surface area contributed by atoms with Crippen LogP contribution in [0.5, 0.6) is 5.75 Å². The van der Waals surface area contributed by atoms with Gasteiger partial charge in [0, 0.05) is 0 Å². The van der Waals surface area contributed by atoms with E-state index in [0.717, 1.165) is 11.3 Å². The van der Waals surface area contributed by atoms with Crippen molar-refractivity contribution in [2.75, 3.05) is 14.2 Å². The Morgan fingerprint density at radius 1 is 1.00 bits per heavy atom. The van der Waals surface area contributed by atoms with Gasteiger partial charge in [0.2, 0.25) is 0 Å². The molecule has 0 amide bonds. The first-order valence-corrected chi connectivity index (χ1v) is 6.77. The Kier molecular flexibility index (Phi) is 5.49. The SMILES string of the molecule is COC(=O)C(/C=C/c1ccccc1)=Nc1ccc(OC)cc1. The Labute approximate surface area is 129 Å². The van der Waals surface area contributed by atoms with Gasteiger partial charge in [0.25, 0.3) is 0 Å². The number of methoxy groups -OCH3 is 2. The van der Waals surface area contributed by atoms with Crippen molar-refractivity contribution in [3.8, 4) is 5.75 Å². The minimum Gasteiger partial charge on any atom is -0.497 e. The molecule has 2 rings (SSSR count). The van der Waals surface area contributed by atoms with E-state index in [-0.39, 0.29) is 5.71 Å². The second kappa shape index (κ2) is 7.78. The van der Waals surface area contributed by atoms with Gasteiger partial charge in [0.1, 0.15) is 11.5 Å². The highest BCUT2D eigenvalue weighted by atomic mass is 16.5. The molecule has 0 aliphatic heterocycles. The van der Waals surface area contributed by atoms with Crippen LogP contribution >= 0.6 is 0 Å². The smallest absolute Gasteiger partial charge is 0.356 e. The highest BCUT2D eigenvalue weighted by Gasteiger charge is 2.08. The molecule has 0 saturated heterocycles. The molecule has 0 atom stereocenters. The molecule has 0 radical (unpaired) electrons. The highest BCUT2D eigenvalue weighted by Crippen LogP contribution is 2.18. The van der Waals surface area contributed by atoms with Crippen molar-refractivity contribution in [3.63, 3.8) is 0 Å². The first-order valence-electron chi connectivity index (χ1n) is 6.77. The summed E-state index contributed by atoms with van der Waals surface area (Å²) in [5, 5.41) is 0. The third-order valence-corrected chi connectivity index (χ3v) is 2.95. The number of hydrogen-bond donors (Lipinski definition) is 0. The normalized spacial score (nSPS) is 11.5. The average molecular weight is 295 g/mol. The summed E-state index contributed by atoms with van der Waals surface area (Å²) in [6, 6.07) is 16.8. The molecule has 0 bridgehead atoms. The predicted octanol–water partition coefficient (Wildman–Crippen LogP) is 3.65. The van der Waals surface area contributed by atoms with Gasteiger partial charge < -0.3 is 9.47 Å². The minimum atomic E-state index is -0.483. The molecule has 0 fully saturated rings. The third-order valence-electron chi connectivity index (χ3n) is 2.95. The number of carbonyl (C=O) groups is 1. The monoisotopic (exact) mass is 295 g/mol. The number of ether oxygens (including phenoxy) is 2. The summed E-state index contributed by atoms with van der Waals surface area (Å²) in [6.07, 6.45) is 3.46. The van der Waals surface area contributed by atoms with E-state index in [1.54, 1.807) is 37.5 Å². The van der Waals surface area contributed by atoms with Crippen LogP contribution in [0, 0.1) is 0 Å². The lowest BCUT2D eigenvalue weighted by atomic mass is 10.2. The van der Waals surface area contributed by atoms with Gasteiger partial charge in [-0.05, 0) is 35.9 Å². The fourth-order valence-corrected chi connectivity index (χ4v) is 1.79. The Balaban J connectivity index is 2.27. The van der Waals surface area contributed by atoms with Crippen LogP contribution in [-0.2, 0) is 9.53 Å². The van der Waals surface area contributed by atoms with E-state index < -0.39 is 5.97 Å². The van der Waals surface area contributed by atoms with Gasteiger partial charge in [-0.3, -0.25) is 0 Å². The molecule has 4 nitrogen and oxygen atoms in total. The number of hydrogen-bond acceptors (Lipinski definition) is 4. The van der Waals surface area contributed by atoms with E-state index in [1.165, 1.54) is 7.11 Å². The van der Waals surface area contributed by atoms with E-state index >= 15 is 0 Å². The van der Waals surface area contributed by atoms with Crippen molar-refractivity contribution in [2.24, 2.45) is 4.99 Å². The largest absolute Gasteiger partial charge is 0.497 e. The Hall–Kier alpha value is -2.88. The second-order valence-corrected chi connectivity index (χ2v) is 4.43. The molecule has 0 N–H and O–H groups in total. The third kappa shape index (κ3) is 4.31. The predicted molar refractivity (Wildman–Crippen MR) is 87.6 cm³/mol. The van der Waals surface area contributed by atoms with Gasteiger partial charge >= 0.3 is 5.97 Å². The van der Waals surface area contributed by atoms with Gasteiger partial charge in [-0.25, -0.2) is 9.79 Å². The van der Waals surface area contributed by atoms with E-state index in [2.05, 4.69) is 4.99 Å². The van der Waals surface area contributed by atoms with E-state index in [0.29, 0.717) is 5.69 Å². The van der Waals surface area contributed by atoms with Crippen LogP contribution in [-0.4, -0.2) is 25.9 Å². The molecule has 0 unspecified atom stereocenters. The van der Waals surface area contributed by atoms with Crippen LogP contribution in [0.3, 0.4) is 0 Å². The van der Waals surface area contributed by atoms with Crippen LogP contribution in [0.25, 0.3) is 6.08 Å². The zero-order chi connectivity index (χ0) is 15.8. The van der Waals surface area contributed by atoms with Crippen molar-refractivity contribution < 1.29 is 14.3 Å². The average Bonchev–Trinajstić information content (AvgIpc) is 2.59. The Morgan fingerprint density at radius 2 is 1.68 bits per heavy atom. The number of benzene rings is 2. The summed E-state index contributed by atoms with van der Waals surface area (Å²) in [7, 11) is 2.93. The lowest BCUT2D eigenvalue weighted by Crippen LogP contribution is -2.12. The zero-order valence-corrected chi connectivity index (χ0v) is 12.5. The maximum atomic E-state index is 11.8. The molecule has 0 heterocycles. The Bertz CT molecular complexity index is 673. The summed E-state index contributed by atoms with van der Waals surface area (Å²) in [4.78, 5) is 16.2. The van der Waals surface area contributed by atoms with Crippen LogP contribution < -0.4 is 4.74 Å². The zero-order valence-electron chi connectivity index (χ0n) is 12.5. The first kappa shape index (κ1) is 15.5. The molecule has 2 aromatic rings. The van der Waals surface area contributed by atoms with Gasteiger partial charge in [-0.1, -0.05) is 36.4 Å². The van der Waals surface area contributed by atoms with Crippen molar-refractivity contribution in [1.29, 1.82) is 0 Å². The molecule has 112 valence electrons. The van der Waals surface area contributed by atoms with Crippen LogP contribution in [0.1, 0.15) is 5.56 Å². The fraction of sp³-hybridized carbons (Fsp3) is 0.111. The summed E-state index contributed by atoms with van der Waals surface area (Å²) in [5.41, 5.74) is 1.87. The van der Waals surface area contributed by atoms with Crippen molar-refractivity contribution >= 4 is 23.4 Å². The number of rotatable bonds is 5. The second-order valence-electron chi connectivity index (χ2n) is 4.43. The van der Waals surface area contributed by atoms with Crippen LogP contribution in [0.2, 0.25) is 0 Å². The van der Waals surface area contributed by atoms with Crippen LogP contribution in [0.4, 0.5) is 5.69 Å². The minimum absolute atomic E-state index is 0.233.